The second kappa shape index (κ2) is 7.87. The average Bonchev–Trinajstić information content (AvgIpc) is 2.58. The van der Waals surface area contributed by atoms with Crippen LogP contribution in [0.3, 0.4) is 0 Å². The lowest BCUT2D eigenvalue weighted by Crippen LogP contribution is -2.31. The van der Waals surface area contributed by atoms with Crippen LogP contribution >= 0.6 is 0 Å². The van der Waals surface area contributed by atoms with Gasteiger partial charge in [-0.3, -0.25) is 4.98 Å². The summed E-state index contributed by atoms with van der Waals surface area (Å²) < 4.78 is 10.5. The number of methoxy groups -OCH3 is 2. The van der Waals surface area contributed by atoms with Crippen molar-refractivity contribution in [3.05, 3.63) is 53.9 Å². The van der Waals surface area contributed by atoms with E-state index in [1.54, 1.807) is 20.4 Å². The Balaban J connectivity index is 1.93. The molecule has 6 nitrogen and oxygen atoms in total. The highest BCUT2D eigenvalue weighted by atomic mass is 16.5. The number of guanidine groups is 1. The summed E-state index contributed by atoms with van der Waals surface area (Å²) in [4.78, 5) is 8.51. The molecule has 1 aromatic carbocycles. The van der Waals surface area contributed by atoms with Gasteiger partial charge in [0.15, 0.2) is 17.5 Å². The fourth-order valence-corrected chi connectivity index (χ4v) is 1.90. The molecule has 0 atom stereocenters. The Labute approximate surface area is 130 Å². The molecule has 0 fully saturated rings. The van der Waals surface area contributed by atoms with Gasteiger partial charge in [0.1, 0.15) is 0 Å². The summed E-state index contributed by atoms with van der Waals surface area (Å²) in [6.45, 7) is 1.00. The number of pyridine rings is 1. The minimum absolute atomic E-state index is 0.375. The van der Waals surface area contributed by atoms with Gasteiger partial charge >= 0.3 is 0 Å². The van der Waals surface area contributed by atoms with Crippen molar-refractivity contribution in [2.45, 2.75) is 13.1 Å². The van der Waals surface area contributed by atoms with Gasteiger partial charge in [0.25, 0.3) is 0 Å². The summed E-state index contributed by atoms with van der Waals surface area (Å²) in [5, 5.41) is 3.03. The molecular weight excluding hydrogens is 280 g/mol. The van der Waals surface area contributed by atoms with E-state index < -0.39 is 0 Å². The number of ether oxygens (including phenoxy) is 2. The van der Waals surface area contributed by atoms with E-state index in [1.807, 2.05) is 36.4 Å². The zero-order chi connectivity index (χ0) is 15.8. The Hall–Kier alpha value is -2.76. The molecule has 2 rings (SSSR count). The Kier molecular flexibility index (Phi) is 5.59. The first-order chi connectivity index (χ1) is 10.7. The molecular formula is C16H20N4O2. The molecule has 0 aliphatic carbocycles. The van der Waals surface area contributed by atoms with Crippen LogP contribution in [0.15, 0.2) is 47.6 Å². The molecule has 2 aromatic rings. The number of nitrogens with one attached hydrogen (secondary N) is 1. The van der Waals surface area contributed by atoms with Gasteiger partial charge in [0, 0.05) is 6.20 Å². The summed E-state index contributed by atoms with van der Waals surface area (Å²) >= 11 is 0. The van der Waals surface area contributed by atoms with Gasteiger partial charge in [0.05, 0.1) is 33.0 Å². The van der Waals surface area contributed by atoms with Crippen LogP contribution in [0.1, 0.15) is 11.3 Å². The van der Waals surface area contributed by atoms with Crippen molar-refractivity contribution in [2.75, 3.05) is 14.2 Å². The van der Waals surface area contributed by atoms with Crippen molar-refractivity contribution < 1.29 is 9.47 Å². The zero-order valence-electron chi connectivity index (χ0n) is 12.7. The average molecular weight is 300 g/mol. The largest absolute Gasteiger partial charge is 0.493 e. The van der Waals surface area contributed by atoms with E-state index in [-0.39, 0.29) is 0 Å². The first kappa shape index (κ1) is 15.6. The van der Waals surface area contributed by atoms with Crippen LogP contribution < -0.4 is 20.5 Å². The third-order valence-electron chi connectivity index (χ3n) is 3.06. The Bertz CT molecular complexity index is 629. The van der Waals surface area contributed by atoms with Crippen LogP contribution in [-0.4, -0.2) is 25.2 Å². The van der Waals surface area contributed by atoms with Gasteiger partial charge in [-0.15, -0.1) is 0 Å². The fraction of sp³-hybridized carbons (Fsp3) is 0.250. The van der Waals surface area contributed by atoms with Crippen LogP contribution in [-0.2, 0) is 13.1 Å². The first-order valence-electron chi connectivity index (χ1n) is 6.87. The maximum absolute atomic E-state index is 5.85. The molecule has 1 heterocycles. The number of nitrogens with two attached hydrogens (primary N) is 1. The molecule has 6 heteroatoms. The van der Waals surface area contributed by atoms with Gasteiger partial charge in [0.2, 0.25) is 0 Å². The van der Waals surface area contributed by atoms with Gasteiger partial charge in [-0.05, 0) is 29.8 Å². The number of aliphatic imine (C=N–C) groups is 1. The lowest BCUT2D eigenvalue weighted by atomic mass is 10.2. The summed E-state index contributed by atoms with van der Waals surface area (Å²) in [5.41, 5.74) is 7.75. The van der Waals surface area contributed by atoms with Crippen LogP contribution in [0.5, 0.6) is 11.5 Å². The third kappa shape index (κ3) is 4.37. The highest BCUT2D eigenvalue weighted by Gasteiger charge is 2.04. The molecule has 1 aromatic heterocycles. The maximum atomic E-state index is 5.85. The number of rotatable bonds is 6. The second-order valence-electron chi connectivity index (χ2n) is 4.57. The number of nitrogens with zero attached hydrogens (tertiary/aromatic N) is 2. The Morgan fingerprint density at radius 2 is 2.00 bits per heavy atom. The zero-order valence-corrected chi connectivity index (χ0v) is 12.7. The molecule has 0 saturated heterocycles. The number of aromatic nitrogens is 1. The van der Waals surface area contributed by atoms with E-state index in [1.165, 1.54) is 0 Å². The van der Waals surface area contributed by atoms with Gasteiger partial charge in [-0.1, -0.05) is 12.1 Å². The van der Waals surface area contributed by atoms with Crippen molar-refractivity contribution in [2.24, 2.45) is 10.7 Å². The summed E-state index contributed by atoms with van der Waals surface area (Å²) in [7, 11) is 3.21. The van der Waals surface area contributed by atoms with E-state index in [9.17, 15) is 0 Å². The van der Waals surface area contributed by atoms with Crippen molar-refractivity contribution in [1.29, 1.82) is 0 Å². The van der Waals surface area contributed by atoms with Crippen LogP contribution in [0, 0.1) is 0 Å². The van der Waals surface area contributed by atoms with Gasteiger partial charge < -0.3 is 20.5 Å². The highest BCUT2D eigenvalue weighted by molar-refractivity contribution is 5.77. The number of hydrogen-bond acceptors (Lipinski definition) is 4. The molecule has 0 bridgehead atoms. The molecule has 0 aliphatic rings. The van der Waals surface area contributed by atoms with Crippen molar-refractivity contribution >= 4 is 5.96 Å². The van der Waals surface area contributed by atoms with Gasteiger partial charge in [-0.2, -0.15) is 0 Å². The minimum atomic E-state index is 0.375. The predicted octanol–water partition coefficient (Wildman–Crippen LogP) is 1.70. The molecule has 3 N–H and O–H groups in total. The third-order valence-corrected chi connectivity index (χ3v) is 3.06. The quantitative estimate of drug-likeness (QED) is 0.627. The lowest BCUT2D eigenvalue weighted by Gasteiger charge is -2.09. The molecule has 0 radical (unpaired) electrons. The minimum Gasteiger partial charge on any atom is -0.493 e. The van der Waals surface area contributed by atoms with Crippen molar-refractivity contribution in [3.8, 4) is 11.5 Å². The predicted molar refractivity (Wildman–Crippen MR) is 85.9 cm³/mol. The Morgan fingerprint density at radius 3 is 2.68 bits per heavy atom. The van der Waals surface area contributed by atoms with Gasteiger partial charge in [-0.25, -0.2) is 4.99 Å². The van der Waals surface area contributed by atoms with E-state index in [4.69, 9.17) is 15.2 Å². The van der Waals surface area contributed by atoms with E-state index in [0.29, 0.717) is 30.5 Å². The fourth-order valence-electron chi connectivity index (χ4n) is 1.90. The first-order valence-corrected chi connectivity index (χ1v) is 6.87. The van der Waals surface area contributed by atoms with Crippen LogP contribution in [0.25, 0.3) is 0 Å². The Morgan fingerprint density at radius 1 is 1.18 bits per heavy atom. The summed E-state index contributed by atoms with van der Waals surface area (Å²) in [5.74, 6) is 1.74. The maximum Gasteiger partial charge on any atom is 0.189 e. The summed E-state index contributed by atoms with van der Waals surface area (Å²) in [6, 6.07) is 11.4. The molecule has 116 valence electrons. The van der Waals surface area contributed by atoms with Crippen molar-refractivity contribution in [1.82, 2.24) is 10.3 Å². The lowest BCUT2D eigenvalue weighted by molar-refractivity contribution is 0.354. The van der Waals surface area contributed by atoms with Crippen molar-refractivity contribution in [3.63, 3.8) is 0 Å². The molecule has 22 heavy (non-hydrogen) atoms. The number of hydrogen-bond donors (Lipinski definition) is 2. The monoisotopic (exact) mass is 300 g/mol. The smallest absolute Gasteiger partial charge is 0.189 e. The topological polar surface area (TPSA) is 81.8 Å². The molecule has 0 amide bonds. The van der Waals surface area contributed by atoms with E-state index in [2.05, 4.69) is 15.3 Å². The molecule has 0 unspecified atom stereocenters. The highest BCUT2D eigenvalue weighted by Crippen LogP contribution is 2.27. The molecule has 0 saturated carbocycles. The van der Waals surface area contributed by atoms with Crippen LogP contribution in [0.4, 0.5) is 0 Å². The van der Waals surface area contributed by atoms with Crippen LogP contribution in [0.2, 0.25) is 0 Å². The SMILES string of the molecule is COc1ccc(CN=C(N)NCc2ccccn2)cc1OC. The number of benzene rings is 1. The summed E-state index contributed by atoms with van der Waals surface area (Å²) in [6.07, 6.45) is 1.74. The van der Waals surface area contributed by atoms with E-state index >= 15 is 0 Å². The normalized spacial score (nSPS) is 11.1. The molecule has 0 aliphatic heterocycles. The second-order valence-corrected chi connectivity index (χ2v) is 4.57. The molecule has 0 spiro atoms. The standard InChI is InChI=1S/C16H20N4O2/c1-21-14-7-6-12(9-15(14)22-2)10-19-16(17)20-11-13-5-3-4-8-18-13/h3-9H,10-11H2,1-2H3,(H3,17,19,20). The van der Waals surface area contributed by atoms with E-state index in [0.717, 1.165) is 11.3 Å².